The van der Waals surface area contributed by atoms with Gasteiger partial charge in [0.2, 0.25) is 0 Å². The fourth-order valence-corrected chi connectivity index (χ4v) is 3.76. The van der Waals surface area contributed by atoms with Gasteiger partial charge in [-0.25, -0.2) is 4.98 Å². The SMILES string of the molecule is C[C@H]1C[C@H](C)CN(Cc2ccccc2CNCc2ncc[nH]2)C1. The van der Waals surface area contributed by atoms with Gasteiger partial charge in [0.25, 0.3) is 0 Å². The van der Waals surface area contributed by atoms with Gasteiger partial charge in [0, 0.05) is 38.6 Å². The number of piperidine rings is 1. The summed E-state index contributed by atoms with van der Waals surface area (Å²) in [5, 5.41) is 3.49. The molecule has 4 nitrogen and oxygen atoms in total. The molecule has 124 valence electrons. The molecule has 0 radical (unpaired) electrons. The Labute approximate surface area is 139 Å². The zero-order chi connectivity index (χ0) is 16.1. The summed E-state index contributed by atoms with van der Waals surface area (Å²) in [6, 6.07) is 8.80. The molecule has 1 aromatic carbocycles. The molecule has 1 aliphatic heterocycles. The van der Waals surface area contributed by atoms with Gasteiger partial charge in [-0.15, -0.1) is 0 Å². The summed E-state index contributed by atoms with van der Waals surface area (Å²) in [6.45, 7) is 9.91. The maximum Gasteiger partial charge on any atom is 0.120 e. The Morgan fingerprint density at radius 2 is 1.87 bits per heavy atom. The molecule has 2 atom stereocenters. The Morgan fingerprint density at radius 3 is 2.57 bits per heavy atom. The number of imidazole rings is 1. The number of aromatic nitrogens is 2. The third kappa shape index (κ3) is 4.66. The molecule has 4 heteroatoms. The van der Waals surface area contributed by atoms with Crippen LogP contribution in [0.5, 0.6) is 0 Å². The molecule has 3 rings (SSSR count). The van der Waals surface area contributed by atoms with Crippen LogP contribution in [0.4, 0.5) is 0 Å². The fourth-order valence-electron chi connectivity index (χ4n) is 3.76. The second-order valence-electron chi connectivity index (χ2n) is 7.05. The first kappa shape index (κ1) is 16.2. The quantitative estimate of drug-likeness (QED) is 0.861. The van der Waals surface area contributed by atoms with Gasteiger partial charge in [0.05, 0.1) is 6.54 Å². The Bertz CT molecular complexity index is 583. The van der Waals surface area contributed by atoms with E-state index in [0.717, 1.165) is 37.3 Å². The third-order valence-electron chi connectivity index (χ3n) is 4.62. The van der Waals surface area contributed by atoms with E-state index in [4.69, 9.17) is 0 Å². The number of benzene rings is 1. The fraction of sp³-hybridized carbons (Fsp3) is 0.526. The summed E-state index contributed by atoms with van der Waals surface area (Å²) in [6.07, 6.45) is 5.02. The number of likely N-dealkylation sites (tertiary alicyclic amines) is 1. The van der Waals surface area contributed by atoms with Gasteiger partial charge in [-0.3, -0.25) is 4.90 Å². The second kappa shape index (κ2) is 7.75. The molecule has 0 aliphatic carbocycles. The summed E-state index contributed by atoms with van der Waals surface area (Å²) in [7, 11) is 0. The number of hydrogen-bond acceptors (Lipinski definition) is 3. The average molecular weight is 312 g/mol. The molecule has 1 aliphatic rings. The summed E-state index contributed by atoms with van der Waals surface area (Å²) in [5.41, 5.74) is 2.84. The molecule has 0 bridgehead atoms. The van der Waals surface area contributed by atoms with Crippen molar-refractivity contribution in [2.75, 3.05) is 13.1 Å². The predicted octanol–water partition coefficient (Wildman–Crippen LogP) is 3.18. The third-order valence-corrected chi connectivity index (χ3v) is 4.62. The van der Waals surface area contributed by atoms with Crippen molar-refractivity contribution >= 4 is 0 Å². The predicted molar refractivity (Wildman–Crippen MR) is 93.8 cm³/mol. The van der Waals surface area contributed by atoms with Crippen LogP contribution in [-0.2, 0) is 19.6 Å². The smallest absolute Gasteiger partial charge is 0.120 e. The monoisotopic (exact) mass is 312 g/mol. The molecule has 1 fully saturated rings. The highest BCUT2D eigenvalue weighted by Crippen LogP contribution is 2.23. The van der Waals surface area contributed by atoms with Crippen molar-refractivity contribution in [1.82, 2.24) is 20.2 Å². The molecule has 0 saturated carbocycles. The van der Waals surface area contributed by atoms with E-state index in [9.17, 15) is 0 Å². The van der Waals surface area contributed by atoms with E-state index in [1.807, 2.05) is 6.20 Å². The van der Waals surface area contributed by atoms with Gasteiger partial charge in [-0.2, -0.15) is 0 Å². The van der Waals surface area contributed by atoms with Crippen molar-refractivity contribution in [3.63, 3.8) is 0 Å². The van der Waals surface area contributed by atoms with Crippen molar-refractivity contribution < 1.29 is 0 Å². The molecular weight excluding hydrogens is 284 g/mol. The molecule has 0 unspecified atom stereocenters. The molecule has 0 amide bonds. The average Bonchev–Trinajstić information content (AvgIpc) is 3.01. The second-order valence-corrected chi connectivity index (χ2v) is 7.05. The first-order valence-corrected chi connectivity index (χ1v) is 8.69. The van der Waals surface area contributed by atoms with Crippen molar-refractivity contribution in [3.05, 3.63) is 53.6 Å². The molecule has 2 N–H and O–H groups in total. The van der Waals surface area contributed by atoms with E-state index in [1.165, 1.54) is 30.6 Å². The van der Waals surface area contributed by atoms with Gasteiger partial charge < -0.3 is 10.3 Å². The van der Waals surface area contributed by atoms with Crippen molar-refractivity contribution in [2.45, 2.75) is 39.9 Å². The van der Waals surface area contributed by atoms with Gasteiger partial charge in [0.1, 0.15) is 5.82 Å². The van der Waals surface area contributed by atoms with E-state index in [-0.39, 0.29) is 0 Å². The van der Waals surface area contributed by atoms with Crippen molar-refractivity contribution in [3.8, 4) is 0 Å². The number of hydrogen-bond donors (Lipinski definition) is 2. The first-order valence-electron chi connectivity index (χ1n) is 8.69. The first-order chi connectivity index (χ1) is 11.2. The summed E-state index contributed by atoms with van der Waals surface area (Å²) >= 11 is 0. The van der Waals surface area contributed by atoms with Crippen LogP contribution in [0.15, 0.2) is 36.7 Å². The van der Waals surface area contributed by atoms with E-state index in [0.29, 0.717) is 0 Å². The topological polar surface area (TPSA) is 44.0 Å². The molecule has 23 heavy (non-hydrogen) atoms. The standard InChI is InChI=1S/C19H28N4/c1-15-9-16(2)13-23(12-15)14-18-6-4-3-5-17(18)10-20-11-19-21-7-8-22-19/h3-8,15-16,20H,9-14H2,1-2H3,(H,21,22)/t15-,16-/m0/s1. The number of nitrogens with one attached hydrogen (secondary N) is 2. The maximum absolute atomic E-state index is 4.25. The Morgan fingerprint density at radius 1 is 1.13 bits per heavy atom. The lowest BCUT2D eigenvalue weighted by Crippen LogP contribution is -2.38. The van der Waals surface area contributed by atoms with Crippen LogP contribution in [0.1, 0.15) is 37.2 Å². The summed E-state index contributed by atoms with van der Waals surface area (Å²) < 4.78 is 0. The largest absolute Gasteiger partial charge is 0.348 e. The minimum atomic E-state index is 0.777. The highest BCUT2D eigenvalue weighted by molar-refractivity contribution is 5.27. The number of aromatic amines is 1. The molecule has 2 heterocycles. The lowest BCUT2D eigenvalue weighted by Gasteiger charge is -2.35. The Balaban J connectivity index is 1.58. The van der Waals surface area contributed by atoms with Gasteiger partial charge in [-0.05, 0) is 29.4 Å². The minimum Gasteiger partial charge on any atom is -0.348 e. The molecular formula is C19H28N4. The number of rotatable bonds is 6. The zero-order valence-corrected chi connectivity index (χ0v) is 14.3. The van der Waals surface area contributed by atoms with Crippen molar-refractivity contribution in [2.24, 2.45) is 11.8 Å². The van der Waals surface area contributed by atoms with Crippen LogP contribution >= 0.6 is 0 Å². The number of nitrogens with zero attached hydrogens (tertiary/aromatic N) is 2. The minimum absolute atomic E-state index is 0.777. The molecule has 2 aromatic rings. The van der Waals surface area contributed by atoms with Gasteiger partial charge in [0.15, 0.2) is 0 Å². The molecule has 0 spiro atoms. The van der Waals surface area contributed by atoms with E-state index in [2.05, 4.69) is 58.3 Å². The Hall–Kier alpha value is -1.65. The normalized spacial score (nSPS) is 22.3. The molecule has 1 aromatic heterocycles. The van der Waals surface area contributed by atoms with Crippen LogP contribution in [0.25, 0.3) is 0 Å². The van der Waals surface area contributed by atoms with Crippen LogP contribution < -0.4 is 5.32 Å². The van der Waals surface area contributed by atoms with E-state index >= 15 is 0 Å². The van der Waals surface area contributed by atoms with Crippen LogP contribution in [0.2, 0.25) is 0 Å². The van der Waals surface area contributed by atoms with Crippen molar-refractivity contribution in [1.29, 1.82) is 0 Å². The van der Waals surface area contributed by atoms with Crippen LogP contribution in [0.3, 0.4) is 0 Å². The lowest BCUT2D eigenvalue weighted by atomic mass is 9.91. The zero-order valence-electron chi connectivity index (χ0n) is 14.3. The van der Waals surface area contributed by atoms with E-state index in [1.54, 1.807) is 6.20 Å². The number of H-pyrrole nitrogens is 1. The maximum atomic E-state index is 4.25. The summed E-state index contributed by atoms with van der Waals surface area (Å²) in [4.78, 5) is 10.0. The summed E-state index contributed by atoms with van der Waals surface area (Å²) in [5.74, 6) is 2.60. The highest BCUT2D eigenvalue weighted by atomic mass is 15.1. The van der Waals surface area contributed by atoms with Crippen LogP contribution in [-0.4, -0.2) is 28.0 Å². The Kier molecular flexibility index (Phi) is 5.47. The van der Waals surface area contributed by atoms with Gasteiger partial charge >= 0.3 is 0 Å². The lowest BCUT2D eigenvalue weighted by molar-refractivity contribution is 0.134. The van der Waals surface area contributed by atoms with E-state index < -0.39 is 0 Å². The molecule has 1 saturated heterocycles. The van der Waals surface area contributed by atoms with Crippen LogP contribution in [0, 0.1) is 11.8 Å². The highest BCUT2D eigenvalue weighted by Gasteiger charge is 2.22. The van der Waals surface area contributed by atoms with Gasteiger partial charge in [-0.1, -0.05) is 38.1 Å².